The number of nitrogens with zero attached hydrogens (tertiary/aromatic N) is 2. The average Bonchev–Trinajstić information content (AvgIpc) is 3.05. The van der Waals surface area contributed by atoms with Gasteiger partial charge in [0.05, 0.1) is 5.56 Å². The fourth-order valence-corrected chi connectivity index (χ4v) is 5.72. The Bertz CT molecular complexity index is 1170. The molecule has 0 aromatic heterocycles. The van der Waals surface area contributed by atoms with Crippen molar-refractivity contribution in [2.75, 3.05) is 6.54 Å². The fraction of sp³-hybridized carbons (Fsp3) is 0.423. The van der Waals surface area contributed by atoms with E-state index in [4.69, 9.17) is 0 Å². The van der Waals surface area contributed by atoms with E-state index in [1.807, 2.05) is 51.1 Å². The lowest BCUT2D eigenvalue weighted by molar-refractivity contribution is -0.141. The third-order valence-corrected chi connectivity index (χ3v) is 8.09. The third kappa shape index (κ3) is 5.90. The van der Waals surface area contributed by atoms with E-state index in [9.17, 15) is 22.8 Å². The van der Waals surface area contributed by atoms with Crippen LogP contribution in [-0.2, 0) is 26.2 Å². The summed E-state index contributed by atoms with van der Waals surface area (Å²) >= 11 is 0. The molecule has 3 rings (SSSR count). The van der Waals surface area contributed by atoms with Gasteiger partial charge in [-0.05, 0) is 43.9 Å². The first kappa shape index (κ1) is 26.4. The fourth-order valence-electron chi connectivity index (χ4n) is 4.11. The Morgan fingerprint density at radius 1 is 1.00 bits per heavy atom. The van der Waals surface area contributed by atoms with E-state index >= 15 is 0 Å². The first-order valence-corrected chi connectivity index (χ1v) is 13.4. The minimum Gasteiger partial charge on any atom is -0.352 e. The highest BCUT2D eigenvalue weighted by atomic mass is 32.2. The highest BCUT2D eigenvalue weighted by Crippen LogP contribution is 2.30. The van der Waals surface area contributed by atoms with Crippen molar-refractivity contribution in [3.63, 3.8) is 0 Å². The van der Waals surface area contributed by atoms with Crippen molar-refractivity contribution in [1.82, 2.24) is 14.5 Å². The molecule has 0 saturated heterocycles. The molecule has 1 aliphatic rings. The van der Waals surface area contributed by atoms with Crippen LogP contribution in [0.15, 0.2) is 59.5 Å². The quantitative estimate of drug-likeness (QED) is 0.511. The lowest BCUT2D eigenvalue weighted by Gasteiger charge is -2.31. The molecule has 9 heteroatoms. The summed E-state index contributed by atoms with van der Waals surface area (Å²) in [5.41, 5.74) is 1.04. The van der Waals surface area contributed by atoms with Crippen molar-refractivity contribution in [1.29, 1.82) is 0 Å². The van der Waals surface area contributed by atoms with Crippen LogP contribution in [0.3, 0.4) is 0 Å². The van der Waals surface area contributed by atoms with Crippen LogP contribution in [-0.4, -0.2) is 54.0 Å². The molecule has 2 aromatic carbocycles. The predicted molar refractivity (Wildman–Crippen MR) is 133 cm³/mol. The van der Waals surface area contributed by atoms with E-state index < -0.39 is 22.0 Å². The summed E-state index contributed by atoms with van der Waals surface area (Å²) in [5, 5.41) is 2.96. The summed E-state index contributed by atoms with van der Waals surface area (Å²) in [6.45, 7) is 5.91. The molecular weight excluding hydrogens is 466 g/mol. The minimum atomic E-state index is -3.92. The Labute approximate surface area is 207 Å². The van der Waals surface area contributed by atoms with Gasteiger partial charge in [-0.1, -0.05) is 56.3 Å². The summed E-state index contributed by atoms with van der Waals surface area (Å²) in [5.74, 6) is -1.05. The molecule has 8 nitrogen and oxygen atoms in total. The monoisotopic (exact) mass is 499 g/mol. The normalized spacial score (nSPS) is 15.9. The second kappa shape index (κ2) is 11.5. The number of sulfonamides is 1. The van der Waals surface area contributed by atoms with Gasteiger partial charge in [0.2, 0.25) is 11.8 Å². The molecule has 0 unspecified atom stereocenters. The molecule has 2 aromatic rings. The second-order valence-corrected chi connectivity index (χ2v) is 10.6. The maximum atomic E-state index is 13.3. The lowest BCUT2D eigenvalue weighted by Crippen LogP contribution is -2.50. The van der Waals surface area contributed by atoms with Crippen LogP contribution >= 0.6 is 0 Å². The van der Waals surface area contributed by atoms with E-state index in [0.29, 0.717) is 6.42 Å². The van der Waals surface area contributed by atoms with Crippen LogP contribution in [0.1, 0.15) is 62.4 Å². The smallest absolute Gasteiger partial charge is 0.269 e. The van der Waals surface area contributed by atoms with Gasteiger partial charge in [0.1, 0.15) is 10.9 Å². The largest absolute Gasteiger partial charge is 0.352 e. The molecular formula is C26H33N3O5S. The van der Waals surface area contributed by atoms with Gasteiger partial charge in [-0.2, -0.15) is 0 Å². The van der Waals surface area contributed by atoms with E-state index in [2.05, 4.69) is 5.32 Å². The van der Waals surface area contributed by atoms with Gasteiger partial charge in [-0.25, -0.2) is 12.7 Å². The molecule has 2 atom stereocenters. The van der Waals surface area contributed by atoms with Crippen molar-refractivity contribution in [2.24, 2.45) is 0 Å². The number of carbonyl (C=O) groups is 3. The SMILES string of the molecule is CC[C@@H](C)NC(=O)[C@@H](CC)N(Cc1ccccc1)C(=O)CCCN1C(=O)c2ccccc2S1(=O)=O. The standard InChI is InChI=1S/C26H33N3O5S/c1-4-19(3)27-25(31)22(5-2)28(18-20-12-7-6-8-13-20)24(30)16-11-17-29-26(32)21-14-9-10-15-23(21)35(29,33)34/h6-10,12-15,19,22H,4-5,11,16-18H2,1-3H3,(H,27,31)/t19-,22-/m1/s1. The zero-order valence-corrected chi connectivity index (χ0v) is 21.3. The van der Waals surface area contributed by atoms with Crippen molar-refractivity contribution >= 4 is 27.7 Å². The molecule has 1 heterocycles. The summed E-state index contributed by atoms with van der Waals surface area (Å²) in [7, 11) is -3.92. The van der Waals surface area contributed by atoms with Crippen molar-refractivity contribution in [3.05, 3.63) is 65.7 Å². The van der Waals surface area contributed by atoms with Gasteiger partial charge >= 0.3 is 0 Å². The first-order chi connectivity index (χ1) is 16.7. The highest BCUT2D eigenvalue weighted by Gasteiger charge is 2.40. The van der Waals surface area contributed by atoms with Crippen molar-refractivity contribution < 1.29 is 22.8 Å². The van der Waals surface area contributed by atoms with Gasteiger partial charge in [0, 0.05) is 25.6 Å². The minimum absolute atomic E-state index is 0.00482. The van der Waals surface area contributed by atoms with Gasteiger partial charge in [0.25, 0.3) is 15.9 Å². The van der Waals surface area contributed by atoms with E-state index in [1.54, 1.807) is 17.0 Å². The van der Waals surface area contributed by atoms with Crippen LogP contribution in [0.25, 0.3) is 0 Å². The zero-order valence-electron chi connectivity index (χ0n) is 20.4. The van der Waals surface area contributed by atoms with Gasteiger partial charge < -0.3 is 10.2 Å². The van der Waals surface area contributed by atoms with E-state index in [0.717, 1.165) is 16.3 Å². The Kier molecular flexibility index (Phi) is 8.67. The number of fused-ring (bicyclic) bond motifs is 1. The van der Waals surface area contributed by atoms with Crippen LogP contribution in [0, 0.1) is 0 Å². The summed E-state index contributed by atoms with van der Waals surface area (Å²) in [6.07, 6.45) is 1.38. The van der Waals surface area contributed by atoms with Crippen molar-refractivity contribution in [2.45, 2.75) is 70.0 Å². The summed E-state index contributed by atoms with van der Waals surface area (Å²) < 4.78 is 26.4. The second-order valence-electron chi connectivity index (χ2n) is 8.73. The zero-order chi connectivity index (χ0) is 25.6. The Hall–Kier alpha value is -3.20. The van der Waals surface area contributed by atoms with Crippen molar-refractivity contribution in [3.8, 4) is 0 Å². The number of hydrogen-bond donors (Lipinski definition) is 1. The number of amides is 3. The molecule has 3 amide bonds. The summed E-state index contributed by atoms with van der Waals surface area (Å²) in [6, 6.07) is 14.9. The van der Waals surface area contributed by atoms with E-state index in [-0.39, 0.29) is 54.2 Å². The number of nitrogens with one attached hydrogen (secondary N) is 1. The Morgan fingerprint density at radius 2 is 1.66 bits per heavy atom. The van der Waals surface area contributed by atoms with E-state index in [1.165, 1.54) is 12.1 Å². The lowest BCUT2D eigenvalue weighted by atomic mass is 10.1. The highest BCUT2D eigenvalue weighted by molar-refractivity contribution is 7.90. The molecule has 1 aliphatic heterocycles. The van der Waals surface area contributed by atoms with Crippen LogP contribution < -0.4 is 5.32 Å². The maximum absolute atomic E-state index is 13.3. The average molecular weight is 500 g/mol. The molecule has 1 N–H and O–H groups in total. The number of benzene rings is 2. The number of carbonyl (C=O) groups excluding carboxylic acids is 3. The maximum Gasteiger partial charge on any atom is 0.269 e. The van der Waals surface area contributed by atoms with Crippen LogP contribution in [0.5, 0.6) is 0 Å². The molecule has 0 fully saturated rings. The molecule has 0 saturated carbocycles. The molecule has 35 heavy (non-hydrogen) atoms. The number of hydrogen-bond acceptors (Lipinski definition) is 5. The Morgan fingerprint density at radius 3 is 2.29 bits per heavy atom. The van der Waals surface area contributed by atoms with Gasteiger partial charge in [-0.15, -0.1) is 0 Å². The van der Waals surface area contributed by atoms with Crippen LogP contribution in [0.2, 0.25) is 0 Å². The van der Waals surface area contributed by atoms with Crippen LogP contribution in [0.4, 0.5) is 0 Å². The van der Waals surface area contributed by atoms with Gasteiger partial charge in [-0.3, -0.25) is 14.4 Å². The topological polar surface area (TPSA) is 104 Å². The third-order valence-electron chi connectivity index (χ3n) is 6.25. The predicted octanol–water partition coefficient (Wildman–Crippen LogP) is 3.33. The first-order valence-electron chi connectivity index (χ1n) is 12.0. The van der Waals surface area contributed by atoms with Gasteiger partial charge in [0.15, 0.2) is 0 Å². The molecule has 0 aliphatic carbocycles. The molecule has 0 spiro atoms. The molecule has 0 bridgehead atoms. The molecule has 188 valence electrons. The Balaban J connectivity index is 1.73. The number of rotatable bonds is 11. The summed E-state index contributed by atoms with van der Waals surface area (Å²) in [4.78, 5) is 40.5. The molecule has 0 radical (unpaired) electrons.